The van der Waals surface area contributed by atoms with Gasteiger partial charge in [-0.05, 0) is 61.9 Å². The van der Waals surface area contributed by atoms with E-state index in [-0.39, 0.29) is 23.8 Å². The van der Waals surface area contributed by atoms with E-state index in [0.29, 0.717) is 23.7 Å². The van der Waals surface area contributed by atoms with Gasteiger partial charge in [-0.25, -0.2) is 0 Å². The summed E-state index contributed by atoms with van der Waals surface area (Å²) in [4.78, 5) is 27.1. The highest BCUT2D eigenvalue weighted by atomic mass is 16.7. The topological polar surface area (TPSA) is 103 Å². The van der Waals surface area contributed by atoms with E-state index in [1.165, 1.54) is 12.1 Å². The van der Waals surface area contributed by atoms with Gasteiger partial charge in [0.05, 0.1) is 23.7 Å². The standard InChI is InChI=1S/C25H25N3O6/c1-4-27(18-7-5-6-16(2)12-18)24(25(29)26-17-8-10-19(32-3)11-9-17)20-13-22-23(34-15-33-22)14-21(20)28(30)31/h5-14,24H,4,15H2,1-3H3,(H,26,29)/t24-/m0/s1. The zero-order valence-corrected chi connectivity index (χ0v) is 19.1. The van der Waals surface area contributed by atoms with Gasteiger partial charge >= 0.3 is 0 Å². The monoisotopic (exact) mass is 463 g/mol. The smallest absolute Gasteiger partial charge is 0.279 e. The summed E-state index contributed by atoms with van der Waals surface area (Å²) in [6.07, 6.45) is 0. The van der Waals surface area contributed by atoms with Crippen molar-refractivity contribution in [2.75, 3.05) is 30.7 Å². The van der Waals surface area contributed by atoms with Crippen molar-refractivity contribution < 1.29 is 23.9 Å². The number of methoxy groups -OCH3 is 1. The third-order valence-corrected chi connectivity index (χ3v) is 5.60. The SMILES string of the molecule is CCN(c1cccc(C)c1)[C@H](C(=O)Nc1ccc(OC)cc1)c1cc2c(cc1[N+](=O)[O-])OCO2. The zero-order chi connectivity index (χ0) is 24.2. The Labute approximate surface area is 197 Å². The van der Waals surface area contributed by atoms with E-state index in [1.54, 1.807) is 31.4 Å². The van der Waals surface area contributed by atoms with Gasteiger partial charge in [0.15, 0.2) is 11.5 Å². The predicted molar refractivity (Wildman–Crippen MR) is 128 cm³/mol. The molecule has 1 aliphatic heterocycles. The van der Waals surface area contributed by atoms with Crippen LogP contribution in [0.1, 0.15) is 24.1 Å². The first-order chi connectivity index (χ1) is 16.4. The molecule has 9 nitrogen and oxygen atoms in total. The van der Waals surface area contributed by atoms with Crippen molar-refractivity contribution >= 4 is 23.0 Å². The van der Waals surface area contributed by atoms with Gasteiger partial charge < -0.3 is 24.4 Å². The second kappa shape index (κ2) is 9.70. The summed E-state index contributed by atoms with van der Waals surface area (Å²) < 4.78 is 16.0. The molecule has 1 atom stereocenters. The Kier molecular flexibility index (Phi) is 6.53. The Balaban J connectivity index is 1.82. The number of fused-ring (bicyclic) bond motifs is 1. The first-order valence-electron chi connectivity index (χ1n) is 10.8. The highest BCUT2D eigenvalue weighted by molar-refractivity contribution is 5.98. The number of nitro benzene ring substituents is 1. The van der Waals surface area contributed by atoms with E-state index in [4.69, 9.17) is 14.2 Å². The van der Waals surface area contributed by atoms with Crippen LogP contribution < -0.4 is 24.4 Å². The molecule has 0 unspecified atom stereocenters. The first-order valence-corrected chi connectivity index (χ1v) is 10.8. The molecule has 0 spiro atoms. The number of benzene rings is 3. The molecule has 1 heterocycles. The Hall–Kier alpha value is -4.27. The number of ether oxygens (including phenoxy) is 3. The molecule has 176 valence electrons. The second-order valence-corrected chi connectivity index (χ2v) is 7.77. The number of carbonyl (C=O) groups excluding carboxylic acids is 1. The van der Waals surface area contributed by atoms with Gasteiger partial charge in [0.25, 0.3) is 11.6 Å². The van der Waals surface area contributed by atoms with Crippen molar-refractivity contribution in [1.29, 1.82) is 0 Å². The number of amides is 1. The summed E-state index contributed by atoms with van der Waals surface area (Å²) in [6, 6.07) is 16.4. The Morgan fingerprint density at radius 2 is 1.85 bits per heavy atom. The number of likely N-dealkylation sites (N-methyl/N-ethyl adjacent to an activating group) is 1. The molecule has 3 aromatic carbocycles. The maximum absolute atomic E-state index is 13.7. The lowest BCUT2D eigenvalue weighted by atomic mass is 9.99. The molecule has 0 radical (unpaired) electrons. The highest BCUT2D eigenvalue weighted by Gasteiger charge is 2.36. The molecule has 9 heteroatoms. The average molecular weight is 463 g/mol. The molecule has 0 aliphatic carbocycles. The van der Waals surface area contributed by atoms with Crippen molar-refractivity contribution in [2.45, 2.75) is 19.9 Å². The van der Waals surface area contributed by atoms with E-state index < -0.39 is 16.9 Å². The fourth-order valence-corrected chi connectivity index (χ4v) is 3.98. The van der Waals surface area contributed by atoms with E-state index in [2.05, 4.69) is 5.32 Å². The summed E-state index contributed by atoms with van der Waals surface area (Å²) in [5.74, 6) is 0.873. The van der Waals surface area contributed by atoms with Crippen LogP contribution in [0.5, 0.6) is 17.2 Å². The second-order valence-electron chi connectivity index (χ2n) is 7.77. The fourth-order valence-electron chi connectivity index (χ4n) is 3.98. The number of hydrogen-bond acceptors (Lipinski definition) is 7. The van der Waals surface area contributed by atoms with Crippen LogP contribution in [0.2, 0.25) is 0 Å². The quantitative estimate of drug-likeness (QED) is 0.376. The van der Waals surface area contributed by atoms with Gasteiger partial charge in [0.1, 0.15) is 11.8 Å². The summed E-state index contributed by atoms with van der Waals surface area (Å²) in [5.41, 5.74) is 2.31. The molecule has 1 aliphatic rings. The Bertz CT molecular complexity index is 1210. The normalized spacial score (nSPS) is 12.7. The molecule has 3 aromatic rings. The maximum atomic E-state index is 13.7. The summed E-state index contributed by atoms with van der Waals surface area (Å²) in [6.45, 7) is 4.24. The third-order valence-electron chi connectivity index (χ3n) is 5.60. The molecule has 0 saturated carbocycles. The van der Waals surface area contributed by atoms with Gasteiger partial charge in [0.2, 0.25) is 6.79 Å². The molecular formula is C25H25N3O6. The largest absolute Gasteiger partial charge is 0.497 e. The average Bonchev–Trinajstić information content (AvgIpc) is 3.29. The number of nitro groups is 1. The van der Waals surface area contributed by atoms with Gasteiger partial charge in [-0.3, -0.25) is 14.9 Å². The van der Waals surface area contributed by atoms with Crippen LogP contribution in [0.3, 0.4) is 0 Å². The predicted octanol–water partition coefficient (Wildman–Crippen LogP) is 4.85. The van der Waals surface area contributed by atoms with Crippen LogP contribution in [-0.2, 0) is 4.79 Å². The Morgan fingerprint density at radius 3 is 2.47 bits per heavy atom. The van der Waals surface area contributed by atoms with Crippen molar-refractivity contribution in [3.63, 3.8) is 0 Å². The van der Waals surface area contributed by atoms with Crippen molar-refractivity contribution in [3.05, 3.63) is 81.9 Å². The molecule has 0 aromatic heterocycles. The lowest BCUT2D eigenvalue weighted by Gasteiger charge is -2.32. The molecule has 0 bridgehead atoms. The molecule has 34 heavy (non-hydrogen) atoms. The minimum absolute atomic E-state index is 0.0337. The molecule has 0 fully saturated rings. The molecule has 1 N–H and O–H groups in total. The number of aryl methyl sites for hydroxylation is 1. The Morgan fingerprint density at radius 1 is 1.15 bits per heavy atom. The van der Waals surface area contributed by atoms with Crippen molar-refractivity contribution in [3.8, 4) is 17.2 Å². The maximum Gasteiger partial charge on any atom is 0.279 e. The molecule has 4 rings (SSSR count). The van der Waals surface area contributed by atoms with Crippen molar-refractivity contribution in [1.82, 2.24) is 0 Å². The summed E-state index contributed by atoms with van der Waals surface area (Å²) >= 11 is 0. The number of nitrogens with zero attached hydrogens (tertiary/aromatic N) is 2. The van der Waals surface area contributed by atoms with Gasteiger partial charge in [-0.2, -0.15) is 0 Å². The third kappa shape index (κ3) is 4.59. The van der Waals surface area contributed by atoms with Gasteiger partial charge in [-0.1, -0.05) is 12.1 Å². The van der Waals surface area contributed by atoms with Crippen LogP contribution in [0.25, 0.3) is 0 Å². The lowest BCUT2D eigenvalue weighted by Crippen LogP contribution is -2.37. The highest BCUT2D eigenvalue weighted by Crippen LogP contribution is 2.42. The number of nitrogens with one attached hydrogen (secondary N) is 1. The van der Waals surface area contributed by atoms with E-state index in [1.807, 2.05) is 43.0 Å². The number of rotatable bonds is 8. The van der Waals surface area contributed by atoms with Crippen molar-refractivity contribution in [2.24, 2.45) is 0 Å². The molecule has 0 saturated heterocycles. The van der Waals surface area contributed by atoms with E-state index >= 15 is 0 Å². The number of carbonyl (C=O) groups is 1. The summed E-state index contributed by atoms with van der Waals surface area (Å²) in [7, 11) is 1.56. The fraction of sp³-hybridized carbons (Fsp3) is 0.240. The van der Waals surface area contributed by atoms with E-state index in [9.17, 15) is 14.9 Å². The van der Waals surface area contributed by atoms with Crippen LogP contribution in [0, 0.1) is 17.0 Å². The van der Waals surface area contributed by atoms with Crippen LogP contribution >= 0.6 is 0 Å². The molecule has 1 amide bonds. The minimum Gasteiger partial charge on any atom is -0.497 e. The molecular weight excluding hydrogens is 438 g/mol. The lowest BCUT2D eigenvalue weighted by molar-refractivity contribution is -0.385. The van der Waals surface area contributed by atoms with E-state index in [0.717, 1.165) is 11.3 Å². The van der Waals surface area contributed by atoms with Crippen LogP contribution in [0.4, 0.5) is 17.1 Å². The van der Waals surface area contributed by atoms with Crippen LogP contribution in [0.15, 0.2) is 60.7 Å². The summed E-state index contributed by atoms with van der Waals surface area (Å²) in [5, 5.41) is 14.9. The first kappa shape index (κ1) is 22.9. The van der Waals surface area contributed by atoms with Gasteiger partial charge in [0, 0.05) is 17.9 Å². The minimum atomic E-state index is -1.01. The number of hydrogen-bond donors (Lipinski definition) is 1. The van der Waals surface area contributed by atoms with Crippen LogP contribution in [-0.4, -0.2) is 31.3 Å². The zero-order valence-electron chi connectivity index (χ0n) is 19.1. The van der Waals surface area contributed by atoms with Gasteiger partial charge in [-0.15, -0.1) is 0 Å². The number of anilines is 2.